The molecule has 0 saturated carbocycles. The van der Waals surface area contributed by atoms with Gasteiger partial charge >= 0.3 is 0 Å². The molecule has 1 atom stereocenters. The van der Waals surface area contributed by atoms with Gasteiger partial charge in [0.1, 0.15) is 0 Å². The van der Waals surface area contributed by atoms with Gasteiger partial charge in [-0.2, -0.15) is 0 Å². The van der Waals surface area contributed by atoms with E-state index in [1.165, 1.54) is 42.2 Å². The van der Waals surface area contributed by atoms with E-state index in [1.54, 1.807) is 0 Å². The number of amides is 1. The number of nitrogens with one attached hydrogen (secondary N) is 1. The number of thioether (sulfide) groups is 1. The highest BCUT2D eigenvalue weighted by Gasteiger charge is 2.18. The average Bonchev–Trinajstić information content (AvgIpc) is 3.39. The van der Waals surface area contributed by atoms with Gasteiger partial charge in [-0.15, -0.1) is 10.2 Å². The van der Waals surface area contributed by atoms with E-state index in [-0.39, 0.29) is 12.0 Å². The van der Waals surface area contributed by atoms with Crippen molar-refractivity contribution in [3.63, 3.8) is 0 Å². The van der Waals surface area contributed by atoms with Crippen LogP contribution in [0.3, 0.4) is 0 Å². The second-order valence-corrected chi connectivity index (χ2v) is 8.41. The Labute approximate surface area is 170 Å². The lowest BCUT2D eigenvalue weighted by Crippen LogP contribution is -2.32. The smallest absolute Gasteiger partial charge is 0.230 e. The van der Waals surface area contributed by atoms with Gasteiger partial charge in [0.05, 0.1) is 11.9 Å². The molecule has 2 aliphatic rings. The first kappa shape index (κ1) is 19.5. The lowest BCUT2D eigenvalue weighted by molar-refractivity contribution is -0.119. The fraction of sp³-hybridized carbons (Fsp3) is 0.571. The summed E-state index contributed by atoms with van der Waals surface area (Å²) in [6.07, 6.45) is 7.16. The van der Waals surface area contributed by atoms with E-state index >= 15 is 0 Å². The van der Waals surface area contributed by atoms with Crippen LogP contribution in [0.4, 0.5) is 0 Å². The normalized spacial score (nSPS) is 18.8. The van der Waals surface area contributed by atoms with E-state index in [1.807, 2.05) is 0 Å². The van der Waals surface area contributed by atoms with Crippen LogP contribution in [-0.4, -0.2) is 45.7 Å². The molecule has 1 unspecified atom stereocenters. The standard InChI is InChI=1S/C21H28N4O2S/c1-2-25-20(17-10-9-15-6-3-4-7-16(15)12-17)23-24-21(25)28-14-19(26)22-13-18-8-5-11-27-18/h9-10,12,18H,2-8,11,13-14H2,1H3,(H,22,26). The Kier molecular flexibility index (Phi) is 6.32. The predicted octanol–water partition coefficient (Wildman–Crippen LogP) is 3.23. The first-order chi connectivity index (χ1) is 13.7. The number of aromatic nitrogens is 3. The van der Waals surface area contributed by atoms with Gasteiger partial charge in [-0.05, 0) is 62.6 Å². The van der Waals surface area contributed by atoms with Crippen LogP contribution in [0.5, 0.6) is 0 Å². The fourth-order valence-corrected chi connectivity index (χ4v) is 4.81. The molecule has 1 aliphatic carbocycles. The van der Waals surface area contributed by atoms with E-state index in [0.29, 0.717) is 12.3 Å². The quantitative estimate of drug-likeness (QED) is 0.723. The molecule has 1 aromatic carbocycles. The van der Waals surface area contributed by atoms with Crippen LogP contribution in [-0.2, 0) is 28.9 Å². The molecule has 0 radical (unpaired) electrons. The Morgan fingerprint density at radius 3 is 2.89 bits per heavy atom. The highest BCUT2D eigenvalue weighted by Crippen LogP contribution is 2.28. The summed E-state index contributed by atoms with van der Waals surface area (Å²) in [6.45, 7) is 4.27. The first-order valence-corrected chi connectivity index (χ1v) is 11.3. The second kappa shape index (κ2) is 9.09. The van der Waals surface area contributed by atoms with Crippen LogP contribution < -0.4 is 5.32 Å². The molecular formula is C21H28N4O2S. The number of nitrogens with zero attached hydrogens (tertiary/aromatic N) is 3. The summed E-state index contributed by atoms with van der Waals surface area (Å²) in [6, 6.07) is 6.67. The molecule has 1 aliphatic heterocycles. The summed E-state index contributed by atoms with van der Waals surface area (Å²) in [5.74, 6) is 1.24. The molecule has 1 amide bonds. The largest absolute Gasteiger partial charge is 0.376 e. The number of ether oxygens (including phenoxy) is 1. The molecule has 0 spiro atoms. The third-order valence-electron chi connectivity index (χ3n) is 5.52. The lowest BCUT2D eigenvalue weighted by Gasteiger charge is -2.16. The molecule has 28 heavy (non-hydrogen) atoms. The average molecular weight is 401 g/mol. The number of hydrogen-bond donors (Lipinski definition) is 1. The molecule has 1 saturated heterocycles. The molecule has 150 valence electrons. The zero-order valence-electron chi connectivity index (χ0n) is 16.4. The highest BCUT2D eigenvalue weighted by molar-refractivity contribution is 7.99. The second-order valence-electron chi connectivity index (χ2n) is 7.47. The monoisotopic (exact) mass is 400 g/mol. The Morgan fingerprint density at radius 2 is 2.11 bits per heavy atom. The minimum atomic E-state index is 0.0153. The van der Waals surface area contributed by atoms with E-state index in [9.17, 15) is 4.79 Å². The summed E-state index contributed by atoms with van der Waals surface area (Å²) in [5.41, 5.74) is 4.02. The molecule has 0 bridgehead atoms. The topological polar surface area (TPSA) is 69.0 Å². The van der Waals surface area contributed by atoms with Crippen molar-refractivity contribution in [1.82, 2.24) is 20.1 Å². The van der Waals surface area contributed by atoms with Crippen molar-refractivity contribution < 1.29 is 9.53 Å². The van der Waals surface area contributed by atoms with Crippen LogP contribution in [0.1, 0.15) is 43.7 Å². The van der Waals surface area contributed by atoms with Crippen LogP contribution in [0.25, 0.3) is 11.4 Å². The van der Waals surface area contributed by atoms with E-state index in [0.717, 1.165) is 49.0 Å². The van der Waals surface area contributed by atoms with Gasteiger partial charge in [0.15, 0.2) is 11.0 Å². The number of carbonyl (C=O) groups excluding carboxylic acids is 1. The van der Waals surface area contributed by atoms with Crippen molar-refractivity contribution >= 4 is 17.7 Å². The summed E-state index contributed by atoms with van der Waals surface area (Å²) >= 11 is 1.44. The van der Waals surface area contributed by atoms with Crippen molar-refractivity contribution in [1.29, 1.82) is 0 Å². The molecular weight excluding hydrogens is 372 g/mol. The van der Waals surface area contributed by atoms with Gasteiger partial charge in [0.25, 0.3) is 0 Å². The van der Waals surface area contributed by atoms with Crippen molar-refractivity contribution in [2.45, 2.75) is 63.3 Å². The maximum Gasteiger partial charge on any atom is 0.230 e. The van der Waals surface area contributed by atoms with Crippen LogP contribution in [0.2, 0.25) is 0 Å². The summed E-state index contributed by atoms with van der Waals surface area (Å²) in [4.78, 5) is 12.2. The van der Waals surface area contributed by atoms with E-state index in [4.69, 9.17) is 4.74 Å². The molecule has 6 nitrogen and oxygen atoms in total. The molecule has 1 N–H and O–H groups in total. The molecule has 1 fully saturated rings. The third-order valence-corrected chi connectivity index (χ3v) is 6.49. The molecule has 7 heteroatoms. The number of hydrogen-bond acceptors (Lipinski definition) is 5. The van der Waals surface area contributed by atoms with Crippen LogP contribution >= 0.6 is 11.8 Å². The minimum absolute atomic E-state index is 0.0153. The first-order valence-electron chi connectivity index (χ1n) is 10.3. The fourth-order valence-electron chi connectivity index (χ4n) is 3.98. The summed E-state index contributed by atoms with van der Waals surface area (Å²) < 4.78 is 7.65. The Morgan fingerprint density at radius 1 is 1.25 bits per heavy atom. The van der Waals surface area contributed by atoms with Gasteiger partial charge in [-0.1, -0.05) is 23.9 Å². The minimum Gasteiger partial charge on any atom is -0.376 e. The van der Waals surface area contributed by atoms with Crippen LogP contribution in [0.15, 0.2) is 23.4 Å². The van der Waals surface area contributed by atoms with Gasteiger partial charge < -0.3 is 14.6 Å². The molecule has 2 aromatic rings. The third kappa shape index (κ3) is 4.41. The van der Waals surface area contributed by atoms with Crippen LogP contribution in [0, 0.1) is 0 Å². The molecule has 2 heterocycles. The van der Waals surface area contributed by atoms with Gasteiger partial charge in [0.2, 0.25) is 5.91 Å². The molecule has 4 rings (SSSR count). The summed E-state index contributed by atoms with van der Waals surface area (Å²) in [5, 5.41) is 12.5. The van der Waals surface area contributed by atoms with Gasteiger partial charge in [0, 0.05) is 25.3 Å². The Hall–Kier alpha value is -1.86. The van der Waals surface area contributed by atoms with E-state index in [2.05, 4.69) is 45.2 Å². The maximum absolute atomic E-state index is 12.2. The van der Waals surface area contributed by atoms with E-state index < -0.39 is 0 Å². The Balaban J connectivity index is 1.40. The number of aryl methyl sites for hydroxylation is 2. The molecule has 1 aromatic heterocycles. The van der Waals surface area contributed by atoms with Gasteiger partial charge in [-0.25, -0.2) is 0 Å². The predicted molar refractivity (Wildman–Crippen MR) is 110 cm³/mol. The SMILES string of the molecule is CCn1c(SCC(=O)NCC2CCCO2)nnc1-c1ccc2c(c1)CCCC2. The Bertz CT molecular complexity index is 830. The summed E-state index contributed by atoms with van der Waals surface area (Å²) in [7, 11) is 0. The highest BCUT2D eigenvalue weighted by atomic mass is 32.2. The lowest BCUT2D eigenvalue weighted by atomic mass is 9.90. The zero-order chi connectivity index (χ0) is 19.3. The maximum atomic E-state index is 12.2. The zero-order valence-corrected chi connectivity index (χ0v) is 17.3. The number of fused-ring (bicyclic) bond motifs is 1. The number of carbonyl (C=O) groups is 1. The number of benzene rings is 1. The number of rotatable bonds is 7. The van der Waals surface area contributed by atoms with Crippen molar-refractivity contribution in [3.8, 4) is 11.4 Å². The van der Waals surface area contributed by atoms with Gasteiger partial charge in [-0.3, -0.25) is 4.79 Å². The van der Waals surface area contributed by atoms with Crippen molar-refractivity contribution in [2.75, 3.05) is 18.9 Å². The van der Waals surface area contributed by atoms with Crippen molar-refractivity contribution in [3.05, 3.63) is 29.3 Å². The van der Waals surface area contributed by atoms with Crippen molar-refractivity contribution in [2.24, 2.45) is 0 Å².